The van der Waals surface area contributed by atoms with Gasteiger partial charge in [-0.25, -0.2) is 4.39 Å². The predicted molar refractivity (Wildman–Crippen MR) is 178 cm³/mol. The number of halogens is 3. The summed E-state index contributed by atoms with van der Waals surface area (Å²) in [5, 5.41) is 13.0. The molecule has 0 fully saturated rings. The largest absolute Gasteiger partial charge is 0.309 e. The van der Waals surface area contributed by atoms with Crippen LogP contribution < -0.4 is 4.90 Å². The molecule has 6 heteroatoms. The zero-order valence-corrected chi connectivity index (χ0v) is 25.0. The highest BCUT2D eigenvalue weighted by Gasteiger charge is 2.21. The molecular weight excluding hydrogens is 621 g/mol. The zero-order valence-electron chi connectivity index (χ0n) is 22.7. The second-order valence-electron chi connectivity index (χ2n) is 10.2. The molecule has 7 aromatic rings. The van der Waals surface area contributed by atoms with E-state index < -0.39 is 5.82 Å². The Bertz CT molecular complexity index is 2180. The van der Waals surface area contributed by atoms with Crippen molar-refractivity contribution in [1.82, 2.24) is 4.57 Å². The molecule has 0 amide bonds. The summed E-state index contributed by atoms with van der Waals surface area (Å²) in [5.74, 6) is -0.400. The third-order valence-electron chi connectivity index (χ3n) is 7.55. The number of anilines is 3. The highest BCUT2D eigenvalue weighted by atomic mass is 79.9. The summed E-state index contributed by atoms with van der Waals surface area (Å²) in [7, 11) is 0. The van der Waals surface area contributed by atoms with Crippen LogP contribution in [0.2, 0.25) is 5.02 Å². The Balaban J connectivity index is 1.49. The third-order valence-corrected chi connectivity index (χ3v) is 8.25. The van der Waals surface area contributed by atoms with E-state index in [1.165, 1.54) is 12.1 Å². The minimum Gasteiger partial charge on any atom is -0.309 e. The smallest absolute Gasteiger partial charge is 0.126 e. The number of rotatable bonds is 5. The van der Waals surface area contributed by atoms with E-state index in [4.69, 9.17) is 11.6 Å². The second-order valence-corrected chi connectivity index (χ2v) is 11.6. The van der Waals surface area contributed by atoms with Crippen molar-refractivity contribution in [2.24, 2.45) is 0 Å². The second kappa shape index (κ2) is 11.1. The predicted octanol–water partition coefficient (Wildman–Crippen LogP) is 11.3. The van der Waals surface area contributed by atoms with Crippen molar-refractivity contribution < 1.29 is 4.39 Å². The molecule has 0 atom stereocenters. The van der Waals surface area contributed by atoms with E-state index >= 15 is 0 Å². The van der Waals surface area contributed by atoms with E-state index in [1.807, 2.05) is 71.6 Å². The summed E-state index contributed by atoms with van der Waals surface area (Å²) in [4.78, 5) is 1.86. The molecule has 0 bridgehead atoms. The fourth-order valence-electron chi connectivity index (χ4n) is 5.71. The summed E-state index contributed by atoms with van der Waals surface area (Å²) in [6, 6.07) is 45.3. The monoisotopic (exact) mass is 641 g/mol. The minimum atomic E-state index is -0.400. The third kappa shape index (κ3) is 4.95. The number of aromatic nitrogens is 1. The first-order valence-electron chi connectivity index (χ1n) is 13.6. The number of hydrogen-bond donors (Lipinski definition) is 0. The van der Waals surface area contributed by atoms with Gasteiger partial charge in [-0.1, -0.05) is 88.2 Å². The van der Waals surface area contributed by atoms with Crippen LogP contribution in [-0.4, -0.2) is 4.57 Å². The summed E-state index contributed by atoms with van der Waals surface area (Å²) in [6.07, 6.45) is 0. The van der Waals surface area contributed by atoms with Crippen molar-refractivity contribution >= 4 is 66.4 Å². The Hall–Kier alpha value is -4.89. The van der Waals surface area contributed by atoms with Crippen molar-refractivity contribution in [3.8, 4) is 22.9 Å². The molecule has 0 radical (unpaired) electrons. The van der Waals surface area contributed by atoms with Gasteiger partial charge in [0.05, 0.1) is 28.0 Å². The Kier molecular flexibility index (Phi) is 6.95. The van der Waals surface area contributed by atoms with Gasteiger partial charge >= 0.3 is 0 Å². The molecule has 1 aromatic heterocycles. The highest BCUT2D eigenvalue weighted by Crippen LogP contribution is 2.41. The Morgan fingerprint density at radius 1 is 0.674 bits per heavy atom. The van der Waals surface area contributed by atoms with Crippen LogP contribution in [-0.2, 0) is 0 Å². The van der Waals surface area contributed by atoms with Gasteiger partial charge in [-0.05, 0) is 83.9 Å². The first kappa shape index (κ1) is 27.0. The van der Waals surface area contributed by atoms with Crippen molar-refractivity contribution in [2.45, 2.75) is 0 Å². The Labute approximate surface area is 261 Å². The number of benzene rings is 6. The molecule has 43 heavy (non-hydrogen) atoms. The topological polar surface area (TPSA) is 32.0 Å². The minimum absolute atomic E-state index is 0.400. The van der Waals surface area contributed by atoms with Gasteiger partial charge in [0.2, 0.25) is 0 Å². The molecule has 3 nitrogen and oxygen atoms in total. The number of nitrogens with zero attached hydrogens (tertiary/aromatic N) is 3. The number of hydrogen-bond acceptors (Lipinski definition) is 2. The van der Waals surface area contributed by atoms with Crippen molar-refractivity contribution in [2.75, 3.05) is 4.90 Å². The normalized spacial score (nSPS) is 11.1. The molecule has 0 aliphatic rings. The molecule has 0 saturated carbocycles. The lowest BCUT2D eigenvalue weighted by Gasteiger charge is -2.27. The van der Waals surface area contributed by atoms with Gasteiger partial charge in [0, 0.05) is 31.6 Å². The quantitative estimate of drug-likeness (QED) is 0.187. The molecule has 1 heterocycles. The van der Waals surface area contributed by atoms with Gasteiger partial charge in [-0.15, -0.1) is 0 Å². The lowest BCUT2D eigenvalue weighted by atomic mass is 10.0. The summed E-state index contributed by atoms with van der Waals surface area (Å²) >= 11 is 9.86. The van der Waals surface area contributed by atoms with E-state index in [0.29, 0.717) is 32.1 Å². The average Bonchev–Trinajstić information content (AvgIpc) is 3.35. The van der Waals surface area contributed by atoms with Gasteiger partial charge in [-0.3, -0.25) is 0 Å². The number of para-hydroxylation sites is 1. The Morgan fingerprint density at radius 3 is 2.26 bits per heavy atom. The van der Waals surface area contributed by atoms with Crippen LogP contribution in [0.4, 0.5) is 21.5 Å². The Morgan fingerprint density at radius 2 is 1.47 bits per heavy atom. The molecule has 7 rings (SSSR count). The maximum atomic E-state index is 14.7. The first-order valence-corrected chi connectivity index (χ1v) is 14.8. The molecule has 206 valence electrons. The van der Waals surface area contributed by atoms with Crippen LogP contribution in [0.5, 0.6) is 0 Å². The van der Waals surface area contributed by atoms with E-state index in [9.17, 15) is 9.65 Å². The van der Waals surface area contributed by atoms with Gasteiger partial charge in [-0.2, -0.15) is 5.26 Å². The maximum absolute atomic E-state index is 14.7. The van der Waals surface area contributed by atoms with Gasteiger partial charge in [0.1, 0.15) is 11.9 Å². The van der Waals surface area contributed by atoms with E-state index in [1.54, 1.807) is 12.1 Å². The average molecular weight is 643 g/mol. The molecule has 0 aliphatic heterocycles. The summed E-state index contributed by atoms with van der Waals surface area (Å²) < 4.78 is 17.5. The maximum Gasteiger partial charge on any atom is 0.126 e. The molecular formula is C37H22BrClFN3. The summed E-state index contributed by atoms with van der Waals surface area (Å²) in [5.41, 5.74) is 7.55. The van der Waals surface area contributed by atoms with Crippen molar-refractivity contribution in [3.63, 3.8) is 0 Å². The van der Waals surface area contributed by atoms with Crippen LogP contribution in [0.3, 0.4) is 0 Å². The van der Waals surface area contributed by atoms with E-state index in [-0.39, 0.29) is 0 Å². The lowest BCUT2D eigenvalue weighted by molar-refractivity contribution is 0.627. The number of nitriles is 1. The molecule has 0 N–H and O–H groups in total. The fraction of sp³-hybridized carbons (Fsp3) is 0. The molecule has 0 unspecified atom stereocenters. The standard InChI is InChI=1S/C37H22BrClFN3/c38-27-18-29(40)21-32(19-27)42(30-10-6-9-28(39)20-30)37-22-31(15-13-26(37)23-41)43-35-12-5-4-11-33(35)34-17-25(14-16-36(34)43)24-7-2-1-3-8-24/h1-22H. The van der Waals surface area contributed by atoms with Gasteiger partial charge in [0.25, 0.3) is 0 Å². The fourth-order valence-corrected chi connectivity index (χ4v) is 6.35. The van der Waals surface area contributed by atoms with E-state index in [2.05, 4.69) is 69.0 Å². The van der Waals surface area contributed by atoms with Crippen LogP contribution >= 0.6 is 27.5 Å². The van der Waals surface area contributed by atoms with Crippen LogP contribution in [0.15, 0.2) is 138 Å². The lowest BCUT2D eigenvalue weighted by Crippen LogP contribution is -2.12. The highest BCUT2D eigenvalue weighted by molar-refractivity contribution is 9.10. The van der Waals surface area contributed by atoms with Gasteiger partial charge < -0.3 is 9.47 Å². The zero-order chi connectivity index (χ0) is 29.5. The van der Waals surface area contributed by atoms with Crippen molar-refractivity contribution in [1.29, 1.82) is 5.26 Å². The van der Waals surface area contributed by atoms with Crippen LogP contribution in [0, 0.1) is 17.1 Å². The molecule has 6 aromatic carbocycles. The van der Waals surface area contributed by atoms with Gasteiger partial charge in [0.15, 0.2) is 0 Å². The van der Waals surface area contributed by atoms with Crippen LogP contribution in [0.1, 0.15) is 5.56 Å². The molecule has 0 saturated heterocycles. The van der Waals surface area contributed by atoms with E-state index in [0.717, 1.165) is 38.6 Å². The van der Waals surface area contributed by atoms with Crippen molar-refractivity contribution in [3.05, 3.63) is 154 Å². The SMILES string of the molecule is N#Cc1ccc(-n2c3ccccc3c3cc(-c4ccccc4)ccc32)cc1N(c1cccc(Cl)c1)c1cc(F)cc(Br)c1. The molecule has 0 spiro atoms. The molecule has 0 aliphatic carbocycles. The van der Waals surface area contributed by atoms with Crippen LogP contribution in [0.25, 0.3) is 38.6 Å². The number of fused-ring (bicyclic) bond motifs is 3. The summed E-state index contributed by atoms with van der Waals surface area (Å²) in [6.45, 7) is 0. The first-order chi connectivity index (χ1) is 21.0.